The Morgan fingerprint density at radius 3 is 2.61 bits per heavy atom. The molecule has 1 aromatic heterocycles. The molecular formula is C24H23FN2O4. The summed E-state index contributed by atoms with van der Waals surface area (Å²) in [6, 6.07) is 6.21. The fourth-order valence-corrected chi connectivity index (χ4v) is 5.83. The Morgan fingerprint density at radius 2 is 1.94 bits per heavy atom. The van der Waals surface area contributed by atoms with Gasteiger partial charge < -0.3 is 10.2 Å². The summed E-state index contributed by atoms with van der Waals surface area (Å²) >= 11 is 0. The molecule has 160 valence electrons. The lowest BCUT2D eigenvalue weighted by atomic mass is 9.54. The average Bonchev–Trinajstić information content (AvgIpc) is 3.13. The number of aromatic nitrogens is 2. The van der Waals surface area contributed by atoms with Crippen molar-refractivity contribution in [1.82, 2.24) is 9.78 Å². The Kier molecular flexibility index (Phi) is 4.39. The van der Waals surface area contributed by atoms with Gasteiger partial charge in [0.2, 0.25) is 0 Å². The first-order valence-electron chi connectivity index (χ1n) is 10.5. The van der Waals surface area contributed by atoms with Gasteiger partial charge in [0, 0.05) is 5.41 Å². The number of carbonyl (C=O) groups is 2. The normalized spacial score (nSPS) is 29.2. The molecule has 31 heavy (non-hydrogen) atoms. The molecule has 0 unspecified atom stereocenters. The second-order valence-corrected chi connectivity index (χ2v) is 8.97. The van der Waals surface area contributed by atoms with Crippen molar-refractivity contribution in [2.75, 3.05) is 0 Å². The van der Waals surface area contributed by atoms with Gasteiger partial charge in [0.1, 0.15) is 5.82 Å². The van der Waals surface area contributed by atoms with Crippen molar-refractivity contribution in [2.24, 2.45) is 23.2 Å². The highest BCUT2D eigenvalue weighted by atomic mass is 19.1. The molecule has 0 aliphatic heterocycles. The van der Waals surface area contributed by atoms with E-state index >= 15 is 0 Å². The van der Waals surface area contributed by atoms with Crippen molar-refractivity contribution in [3.63, 3.8) is 0 Å². The third-order valence-corrected chi connectivity index (χ3v) is 7.34. The lowest BCUT2D eigenvalue weighted by Crippen LogP contribution is -2.46. The maximum Gasteiger partial charge on any atom is 0.307 e. The van der Waals surface area contributed by atoms with Crippen LogP contribution in [0.15, 0.2) is 47.7 Å². The summed E-state index contributed by atoms with van der Waals surface area (Å²) in [6.07, 6.45) is 8.18. The lowest BCUT2D eigenvalue weighted by Gasteiger charge is -2.49. The SMILES string of the molecule is C[C@]12Cc3cnn(-c4ccc(F)cc4)c3C=C1CC[C@@H]1C2=CC[C@H](C(=O)O)[C@@H]1C(=O)O. The van der Waals surface area contributed by atoms with E-state index in [9.17, 15) is 24.2 Å². The molecule has 2 N–H and O–H groups in total. The molecule has 2 aromatic rings. The Bertz CT molecular complexity index is 1150. The van der Waals surface area contributed by atoms with Gasteiger partial charge in [-0.15, -0.1) is 0 Å². The third-order valence-electron chi connectivity index (χ3n) is 7.34. The molecule has 5 rings (SSSR count). The van der Waals surface area contributed by atoms with Crippen molar-refractivity contribution >= 4 is 18.0 Å². The van der Waals surface area contributed by atoms with E-state index in [1.165, 1.54) is 17.7 Å². The first-order chi connectivity index (χ1) is 14.8. The van der Waals surface area contributed by atoms with Crippen molar-refractivity contribution in [3.05, 3.63) is 64.8 Å². The van der Waals surface area contributed by atoms with Gasteiger partial charge in [0.05, 0.1) is 29.4 Å². The highest BCUT2D eigenvalue weighted by Crippen LogP contribution is 2.57. The fraction of sp³-hybridized carbons (Fsp3) is 0.375. The number of allylic oxidation sites excluding steroid dienone is 3. The topological polar surface area (TPSA) is 92.4 Å². The molecule has 1 fully saturated rings. The van der Waals surface area contributed by atoms with Crippen LogP contribution in [-0.4, -0.2) is 31.9 Å². The number of fused-ring (bicyclic) bond motifs is 4. The smallest absolute Gasteiger partial charge is 0.307 e. The van der Waals surface area contributed by atoms with Crippen LogP contribution in [0, 0.1) is 29.0 Å². The van der Waals surface area contributed by atoms with Gasteiger partial charge in [0.25, 0.3) is 0 Å². The molecule has 1 heterocycles. The van der Waals surface area contributed by atoms with Crippen LogP contribution in [0.1, 0.15) is 37.4 Å². The number of carboxylic acid groups (broad SMARTS) is 2. The van der Waals surface area contributed by atoms with E-state index in [1.54, 1.807) is 12.1 Å². The quantitative estimate of drug-likeness (QED) is 0.727. The van der Waals surface area contributed by atoms with Gasteiger partial charge in [-0.2, -0.15) is 5.10 Å². The molecular weight excluding hydrogens is 399 g/mol. The summed E-state index contributed by atoms with van der Waals surface area (Å²) in [5, 5.41) is 23.9. The molecule has 1 saturated carbocycles. The number of rotatable bonds is 3. The summed E-state index contributed by atoms with van der Waals surface area (Å²) in [6.45, 7) is 2.13. The zero-order valence-electron chi connectivity index (χ0n) is 17.1. The zero-order chi connectivity index (χ0) is 21.9. The van der Waals surface area contributed by atoms with E-state index in [-0.39, 0.29) is 23.6 Å². The van der Waals surface area contributed by atoms with E-state index in [0.29, 0.717) is 19.3 Å². The Morgan fingerprint density at radius 1 is 1.19 bits per heavy atom. The van der Waals surface area contributed by atoms with Crippen LogP contribution in [0.2, 0.25) is 0 Å². The maximum absolute atomic E-state index is 13.3. The zero-order valence-corrected chi connectivity index (χ0v) is 17.1. The second-order valence-electron chi connectivity index (χ2n) is 8.97. The van der Waals surface area contributed by atoms with E-state index in [0.717, 1.165) is 22.5 Å². The van der Waals surface area contributed by atoms with Gasteiger partial charge in [-0.05, 0) is 67.5 Å². The van der Waals surface area contributed by atoms with E-state index in [4.69, 9.17) is 0 Å². The molecule has 6 nitrogen and oxygen atoms in total. The van der Waals surface area contributed by atoms with Crippen LogP contribution < -0.4 is 0 Å². The maximum atomic E-state index is 13.3. The Labute approximate surface area is 178 Å². The summed E-state index contributed by atoms with van der Waals surface area (Å²) in [7, 11) is 0. The molecule has 0 bridgehead atoms. The van der Waals surface area contributed by atoms with Crippen LogP contribution in [0.25, 0.3) is 11.8 Å². The highest BCUT2D eigenvalue weighted by molar-refractivity contribution is 5.82. The van der Waals surface area contributed by atoms with Crippen molar-refractivity contribution in [2.45, 2.75) is 32.6 Å². The van der Waals surface area contributed by atoms with Gasteiger partial charge >= 0.3 is 11.9 Å². The van der Waals surface area contributed by atoms with E-state index < -0.39 is 23.8 Å². The van der Waals surface area contributed by atoms with E-state index in [1.807, 2.05) is 17.0 Å². The highest BCUT2D eigenvalue weighted by Gasteiger charge is 2.52. The number of halogens is 1. The summed E-state index contributed by atoms with van der Waals surface area (Å²) in [5.74, 6) is -4.44. The minimum absolute atomic E-state index is 0.239. The van der Waals surface area contributed by atoms with Gasteiger partial charge in [-0.1, -0.05) is 24.1 Å². The van der Waals surface area contributed by atoms with Crippen LogP contribution >= 0.6 is 0 Å². The minimum Gasteiger partial charge on any atom is -0.481 e. The fourth-order valence-electron chi connectivity index (χ4n) is 5.83. The molecule has 0 amide bonds. The summed E-state index contributed by atoms with van der Waals surface area (Å²) in [5.41, 5.74) is 4.71. The standard InChI is InChI=1S/C24H23FN2O4/c1-24-11-13-12-26-27(16-5-3-15(25)4-6-16)20(13)10-14(24)2-7-17-19(24)9-8-18(22(28)29)21(17)23(30)31/h3-6,9-10,12,17-18,21H,2,7-8,11H2,1H3,(H,28,29)(H,30,31)/t17-,18+,21-,24+/m1/s1. The van der Waals surface area contributed by atoms with Crippen LogP contribution in [0.4, 0.5) is 4.39 Å². The predicted molar refractivity (Wildman–Crippen MR) is 111 cm³/mol. The molecule has 1 aromatic carbocycles. The van der Waals surface area contributed by atoms with Crippen LogP contribution in [-0.2, 0) is 16.0 Å². The molecule has 4 atom stereocenters. The van der Waals surface area contributed by atoms with Crippen LogP contribution in [0.5, 0.6) is 0 Å². The number of hydrogen-bond acceptors (Lipinski definition) is 3. The first kappa shape index (κ1) is 19.7. The number of hydrogen-bond donors (Lipinski definition) is 2. The first-order valence-corrected chi connectivity index (χ1v) is 10.5. The molecule has 0 radical (unpaired) electrons. The summed E-state index contributed by atoms with van der Waals surface area (Å²) < 4.78 is 15.1. The predicted octanol–water partition coefficient (Wildman–Crippen LogP) is 4.10. The van der Waals surface area contributed by atoms with E-state index in [2.05, 4.69) is 18.1 Å². The number of benzene rings is 1. The van der Waals surface area contributed by atoms with Crippen LogP contribution in [0.3, 0.4) is 0 Å². The molecule has 0 saturated heterocycles. The lowest BCUT2D eigenvalue weighted by molar-refractivity contribution is -0.156. The second kappa shape index (κ2) is 6.90. The van der Waals surface area contributed by atoms with Gasteiger partial charge in [-0.25, -0.2) is 9.07 Å². The molecule has 7 heteroatoms. The third kappa shape index (κ3) is 2.94. The number of nitrogens with zero attached hydrogens (tertiary/aromatic N) is 2. The number of carboxylic acids is 2. The molecule has 0 spiro atoms. The average molecular weight is 422 g/mol. The largest absolute Gasteiger partial charge is 0.481 e. The van der Waals surface area contributed by atoms with Crippen molar-refractivity contribution in [1.29, 1.82) is 0 Å². The summed E-state index contributed by atoms with van der Waals surface area (Å²) in [4.78, 5) is 23.7. The van der Waals surface area contributed by atoms with Gasteiger partial charge in [0.15, 0.2) is 0 Å². The van der Waals surface area contributed by atoms with Crippen molar-refractivity contribution < 1.29 is 24.2 Å². The van der Waals surface area contributed by atoms with Gasteiger partial charge in [-0.3, -0.25) is 9.59 Å². The molecule has 3 aliphatic rings. The Hall–Kier alpha value is -3.22. The monoisotopic (exact) mass is 422 g/mol. The minimum atomic E-state index is -1.04. The molecule has 3 aliphatic carbocycles. The van der Waals surface area contributed by atoms with Crippen molar-refractivity contribution in [3.8, 4) is 5.69 Å². The Balaban J connectivity index is 1.56. The number of aliphatic carboxylic acids is 2.